The molecule has 2 saturated carbocycles. The van der Waals surface area contributed by atoms with Crippen molar-refractivity contribution in [2.24, 2.45) is 28.1 Å². The Labute approximate surface area is 193 Å². The Morgan fingerprint density at radius 3 is 2.52 bits per heavy atom. The number of furan rings is 1. The van der Waals surface area contributed by atoms with E-state index < -0.39 is 45.8 Å². The van der Waals surface area contributed by atoms with Crippen molar-refractivity contribution in [2.45, 2.75) is 83.4 Å². The first-order chi connectivity index (χ1) is 15.4. The van der Waals surface area contributed by atoms with Gasteiger partial charge in [0.15, 0.2) is 6.10 Å². The normalized spacial score (nSPS) is 51.8. The van der Waals surface area contributed by atoms with Crippen LogP contribution in [0.2, 0.25) is 0 Å². The molecule has 0 aromatic carbocycles. The molecule has 2 aliphatic carbocycles. The smallest absolute Gasteiger partial charge is 0.339 e. The topological polar surface area (TPSA) is 98.5 Å². The molecule has 6 rings (SSSR count). The standard InChI is InChI=1S/C26H32O7/c1-22(2)16-12-17(27)25(5)15(23(16,3)9-7-18(28)32-22)6-10-24(4)19(14-8-11-30-13-14)31-21(29)20-26(24,25)33-20/h7-9,11,13,15-17,19-20,27H,6,10,12H2,1-5H3/t15?,16-,17-,19+,20-,23-,24+,25+,26-/m1/s1. The van der Waals surface area contributed by atoms with Crippen molar-refractivity contribution in [3.05, 3.63) is 36.3 Å². The fourth-order valence-corrected chi connectivity index (χ4v) is 8.79. The second kappa shape index (κ2) is 6.11. The van der Waals surface area contributed by atoms with Crippen molar-refractivity contribution in [1.29, 1.82) is 0 Å². The summed E-state index contributed by atoms with van der Waals surface area (Å²) in [5, 5.41) is 11.8. The molecule has 2 saturated heterocycles. The highest BCUT2D eigenvalue weighted by Crippen LogP contribution is 2.79. The lowest BCUT2D eigenvalue weighted by molar-refractivity contribution is -0.252. The molecule has 1 unspecified atom stereocenters. The number of aliphatic hydroxyl groups is 1. The van der Waals surface area contributed by atoms with Gasteiger partial charge in [-0.25, -0.2) is 9.59 Å². The van der Waals surface area contributed by atoms with E-state index in [2.05, 4.69) is 20.8 Å². The van der Waals surface area contributed by atoms with E-state index in [1.807, 2.05) is 26.0 Å². The number of hydrogen-bond acceptors (Lipinski definition) is 7. The molecule has 0 amide bonds. The monoisotopic (exact) mass is 456 g/mol. The van der Waals surface area contributed by atoms with Gasteiger partial charge >= 0.3 is 11.9 Å². The van der Waals surface area contributed by atoms with Crippen molar-refractivity contribution in [2.75, 3.05) is 0 Å². The minimum Gasteiger partial charge on any atom is -0.472 e. The highest BCUT2D eigenvalue weighted by Gasteiger charge is 2.87. The lowest BCUT2D eigenvalue weighted by Crippen LogP contribution is -2.72. The Kier molecular flexibility index (Phi) is 3.96. The molecule has 1 aromatic heterocycles. The lowest BCUT2D eigenvalue weighted by Gasteiger charge is -2.67. The SMILES string of the molecule is CC1(C)OC(=O)C=C[C@]2(C)C3CC[C@@]4(C)[C@H](c5ccoc5)OC(=O)[C@H]5O[C@]54[C@]3(C)[C@H](O)C[C@H]12. The van der Waals surface area contributed by atoms with Crippen molar-refractivity contribution in [3.63, 3.8) is 0 Å². The zero-order valence-corrected chi connectivity index (χ0v) is 19.8. The van der Waals surface area contributed by atoms with Gasteiger partial charge in [0.2, 0.25) is 0 Å². The van der Waals surface area contributed by atoms with Gasteiger partial charge in [-0.1, -0.05) is 26.8 Å². The quantitative estimate of drug-likeness (QED) is 0.508. The van der Waals surface area contributed by atoms with E-state index >= 15 is 0 Å². The van der Waals surface area contributed by atoms with Crippen molar-refractivity contribution < 1.29 is 33.3 Å². The van der Waals surface area contributed by atoms with Crippen LogP contribution < -0.4 is 0 Å². The van der Waals surface area contributed by atoms with Gasteiger partial charge in [-0.2, -0.15) is 0 Å². The molecule has 1 spiro atoms. The van der Waals surface area contributed by atoms with Gasteiger partial charge in [-0.05, 0) is 50.5 Å². The number of cyclic esters (lactones) is 2. The summed E-state index contributed by atoms with van der Waals surface area (Å²) in [6.45, 7) is 10.3. The van der Waals surface area contributed by atoms with Crippen LogP contribution in [0, 0.1) is 28.1 Å². The van der Waals surface area contributed by atoms with Gasteiger partial charge in [-0.15, -0.1) is 0 Å². The van der Waals surface area contributed by atoms with E-state index in [0.29, 0.717) is 6.42 Å². The van der Waals surface area contributed by atoms with Gasteiger partial charge < -0.3 is 23.7 Å². The summed E-state index contributed by atoms with van der Waals surface area (Å²) in [7, 11) is 0. The molecule has 3 aliphatic heterocycles. The molecule has 4 fully saturated rings. The summed E-state index contributed by atoms with van der Waals surface area (Å²) in [5.41, 5.74) is -2.44. The predicted molar refractivity (Wildman–Crippen MR) is 116 cm³/mol. The molecule has 5 aliphatic rings. The average molecular weight is 457 g/mol. The van der Waals surface area contributed by atoms with Crippen LogP contribution in [0.1, 0.15) is 65.5 Å². The van der Waals surface area contributed by atoms with Crippen molar-refractivity contribution in [3.8, 4) is 0 Å². The van der Waals surface area contributed by atoms with Gasteiger partial charge in [0.05, 0.1) is 18.6 Å². The zero-order valence-electron chi connectivity index (χ0n) is 19.8. The number of carbonyl (C=O) groups excluding carboxylic acids is 2. The largest absolute Gasteiger partial charge is 0.472 e. The number of allylic oxidation sites excluding steroid dienone is 1. The summed E-state index contributed by atoms with van der Waals surface area (Å²) >= 11 is 0. The van der Waals surface area contributed by atoms with Gasteiger partial charge in [0.25, 0.3) is 0 Å². The molecule has 4 heterocycles. The third kappa shape index (κ3) is 2.28. The maximum absolute atomic E-state index is 13.1. The van der Waals surface area contributed by atoms with Crippen LogP contribution >= 0.6 is 0 Å². The Morgan fingerprint density at radius 1 is 1.06 bits per heavy atom. The third-order valence-corrected chi connectivity index (χ3v) is 10.2. The highest BCUT2D eigenvalue weighted by atomic mass is 16.7. The average Bonchev–Trinajstić information content (AvgIpc) is 3.33. The maximum atomic E-state index is 13.1. The Hall–Kier alpha value is -2.12. The van der Waals surface area contributed by atoms with Crippen molar-refractivity contribution >= 4 is 11.9 Å². The first-order valence-electron chi connectivity index (χ1n) is 11.9. The molecule has 178 valence electrons. The van der Waals surface area contributed by atoms with Crippen LogP contribution in [-0.2, 0) is 23.8 Å². The number of rotatable bonds is 1. The Morgan fingerprint density at radius 2 is 1.82 bits per heavy atom. The van der Waals surface area contributed by atoms with E-state index in [4.69, 9.17) is 18.6 Å². The zero-order chi connectivity index (χ0) is 23.6. The molecule has 1 aromatic rings. The van der Waals surface area contributed by atoms with Crippen LogP contribution in [-0.4, -0.2) is 40.5 Å². The third-order valence-electron chi connectivity index (χ3n) is 10.2. The summed E-state index contributed by atoms with van der Waals surface area (Å²) in [6.07, 6.45) is 6.82. The van der Waals surface area contributed by atoms with Gasteiger partial charge in [0, 0.05) is 28.4 Å². The number of aliphatic hydroxyl groups excluding tert-OH is 1. The highest BCUT2D eigenvalue weighted by molar-refractivity contribution is 5.83. The molecule has 1 N–H and O–H groups in total. The number of fused-ring (bicyclic) bond motifs is 3. The molecule has 0 radical (unpaired) electrons. The molecular formula is C26H32O7. The number of epoxide rings is 1. The molecule has 7 nitrogen and oxygen atoms in total. The minimum absolute atomic E-state index is 0.0160. The number of carbonyl (C=O) groups is 2. The van der Waals surface area contributed by atoms with E-state index in [1.165, 1.54) is 0 Å². The molecule has 0 bridgehead atoms. The first-order valence-corrected chi connectivity index (χ1v) is 11.9. The number of hydrogen-bond donors (Lipinski definition) is 1. The Balaban J connectivity index is 1.52. The summed E-state index contributed by atoms with van der Waals surface area (Å²) in [5.74, 6) is -0.820. The number of ether oxygens (including phenoxy) is 3. The van der Waals surface area contributed by atoms with Crippen LogP contribution in [0.4, 0.5) is 0 Å². The van der Waals surface area contributed by atoms with E-state index in [0.717, 1.165) is 18.4 Å². The minimum atomic E-state index is -0.858. The second-order valence-electron chi connectivity index (χ2n) is 11.9. The van der Waals surface area contributed by atoms with E-state index in [-0.39, 0.29) is 23.8 Å². The molecule has 33 heavy (non-hydrogen) atoms. The summed E-state index contributed by atoms with van der Waals surface area (Å²) in [6, 6.07) is 1.84. The molecule has 7 heteroatoms. The number of esters is 2. The lowest BCUT2D eigenvalue weighted by atomic mass is 9.37. The van der Waals surface area contributed by atoms with Gasteiger partial charge in [0.1, 0.15) is 17.3 Å². The van der Waals surface area contributed by atoms with Gasteiger partial charge in [-0.3, -0.25) is 0 Å². The molecular weight excluding hydrogens is 424 g/mol. The predicted octanol–water partition coefficient (Wildman–Crippen LogP) is 3.72. The fourth-order valence-electron chi connectivity index (χ4n) is 8.79. The van der Waals surface area contributed by atoms with Crippen molar-refractivity contribution in [1.82, 2.24) is 0 Å². The first kappa shape index (κ1) is 21.4. The summed E-state index contributed by atoms with van der Waals surface area (Å²) < 4.78 is 23.4. The fraction of sp³-hybridized carbons (Fsp3) is 0.692. The van der Waals surface area contributed by atoms with Crippen LogP contribution in [0.5, 0.6) is 0 Å². The second-order valence-corrected chi connectivity index (χ2v) is 11.9. The van der Waals surface area contributed by atoms with Crippen LogP contribution in [0.3, 0.4) is 0 Å². The van der Waals surface area contributed by atoms with E-state index in [1.54, 1.807) is 18.6 Å². The maximum Gasteiger partial charge on any atom is 0.339 e. The Bertz CT molecular complexity index is 1060. The van der Waals surface area contributed by atoms with E-state index in [9.17, 15) is 14.7 Å². The van der Waals surface area contributed by atoms with Crippen LogP contribution in [0.25, 0.3) is 0 Å². The molecule has 9 atom stereocenters. The van der Waals surface area contributed by atoms with Crippen LogP contribution in [0.15, 0.2) is 35.2 Å². The summed E-state index contributed by atoms with van der Waals surface area (Å²) in [4.78, 5) is 25.5.